The van der Waals surface area contributed by atoms with Gasteiger partial charge in [0.05, 0.1) is 11.9 Å². The zero-order chi connectivity index (χ0) is 15.5. The van der Waals surface area contributed by atoms with Crippen LogP contribution in [0.2, 0.25) is 0 Å². The summed E-state index contributed by atoms with van der Waals surface area (Å²) in [5.74, 6) is 1.48. The molecule has 0 spiro atoms. The molecule has 1 atom stereocenters. The van der Waals surface area contributed by atoms with E-state index in [1.165, 1.54) is 24.8 Å². The Bertz CT molecular complexity index is 787. The van der Waals surface area contributed by atoms with Gasteiger partial charge in [-0.2, -0.15) is 0 Å². The van der Waals surface area contributed by atoms with Gasteiger partial charge < -0.3 is 5.32 Å². The van der Waals surface area contributed by atoms with Crippen molar-refractivity contribution in [3.8, 4) is 11.3 Å². The molecule has 1 aliphatic heterocycles. The highest BCUT2D eigenvalue weighted by Gasteiger charge is 2.14. The van der Waals surface area contributed by atoms with Gasteiger partial charge in [-0.3, -0.25) is 9.38 Å². The summed E-state index contributed by atoms with van der Waals surface area (Å²) in [5.41, 5.74) is 3.47. The summed E-state index contributed by atoms with van der Waals surface area (Å²) in [7, 11) is 0. The average Bonchev–Trinajstić information content (AvgIpc) is 2.85. The molecule has 23 heavy (non-hydrogen) atoms. The molecule has 0 amide bonds. The molecular weight excluding hydrogens is 286 g/mol. The van der Waals surface area contributed by atoms with Crippen molar-refractivity contribution >= 4 is 5.78 Å². The highest BCUT2D eigenvalue weighted by molar-refractivity contribution is 5.61. The SMILES string of the molecule is c1cnc2ncc(-c3cncc(CC4CCCNCC4)c3)n2c1. The van der Waals surface area contributed by atoms with E-state index < -0.39 is 0 Å². The normalized spacial score (nSPS) is 18.9. The minimum Gasteiger partial charge on any atom is -0.317 e. The second-order valence-corrected chi connectivity index (χ2v) is 6.27. The molecule has 1 N–H and O–H groups in total. The number of nitrogens with one attached hydrogen (secondary N) is 1. The molecule has 0 radical (unpaired) electrons. The number of pyridine rings is 1. The van der Waals surface area contributed by atoms with Gasteiger partial charge in [-0.15, -0.1) is 0 Å². The Balaban J connectivity index is 1.61. The standard InChI is InChI=1S/C18H21N5/c1-3-14(4-7-19-5-1)9-15-10-16(12-20-11-15)17-13-22-18-21-6-2-8-23(17)18/h2,6,8,10-14,19H,1,3-5,7,9H2. The predicted molar refractivity (Wildman–Crippen MR) is 90.1 cm³/mol. The Kier molecular flexibility index (Phi) is 4.03. The summed E-state index contributed by atoms with van der Waals surface area (Å²) in [5, 5.41) is 3.48. The van der Waals surface area contributed by atoms with Crippen molar-refractivity contribution in [1.29, 1.82) is 0 Å². The van der Waals surface area contributed by atoms with Crippen LogP contribution in [0, 0.1) is 5.92 Å². The second-order valence-electron chi connectivity index (χ2n) is 6.27. The molecule has 4 rings (SSSR count). The van der Waals surface area contributed by atoms with Gasteiger partial charge in [0.2, 0.25) is 5.78 Å². The lowest BCUT2D eigenvalue weighted by Gasteiger charge is -2.13. The van der Waals surface area contributed by atoms with Crippen molar-refractivity contribution in [2.45, 2.75) is 25.7 Å². The summed E-state index contributed by atoms with van der Waals surface area (Å²) in [6.45, 7) is 2.29. The fraction of sp³-hybridized carbons (Fsp3) is 0.389. The molecule has 5 nitrogen and oxygen atoms in total. The first-order valence-electron chi connectivity index (χ1n) is 8.33. The van der Waals surface area contributed by atoms with E-state index in [-0.39, 0.29) is 0 Å². The Morgan fingerprint density at radius 2 is 2.13 bits per heavy atom. The smallest absolute Gasteiger partial charge is 0.234 e. The Labute approximate surface area is 135 Å². The van der Waals surface area contributed by atoms with Gasteiger partial charge >= 0.3 is 0 Å². The number of hydrogen-bond donors (Lipinski definition) is 1. The third kappa shape index (κ3) is 3.10. The molecule has 0 saturated carbocycles. The van der Waals surface area contributed by atoms with Crippen LogP contribution in [0.4, 0.5) is 0 Å². The zero-order valence-corrected chi connectivity index (χ0v) is 13.2. The van der Waals surface area contributed by atoms with Gasteiger partial charge in [-0.1, -0.05) is 0 Å². The van der Waals surface area contributed by atoms with E-state index in [0.717, 1.165) is 42.5 Å². The maximum Gasteiger partial charge on any atom is 0.234 e. The van der Waals surface area contributed by atoms with Crippen molar-refractivity contribution in [2.24, 2.45) is 5.92 Å². The molecule has 1 unspecified atom stereocenters. The molecule has 1 fully saturated rings. The minimum absolute atomic E-state index is 0.725. The molecule has 1 aliphatic rings. The lowest BCUT2D eigenvalue weighted by atomic mass is 9.93. The Hall–Kier alpha value is -2.27. The molecule has 118 valence electrons. The molecular formula is C18H21N5. The van der Waals surface area contributed by atoms with Crippen LogP contribution in [-0.4, -0.2) is 32.4 Å². The molecule has 4 heterocycles. The molecule has 0 bridgehead atoms. The first-order chi connectivity index (χ1) is 11.4. The van der Waals surface area contributed by atoms with Crippen LogP contribution in [-0.2, 0) is 6.42 Å². The topological polar surface area (TPSA) is 55.1 Å². The summed E-state index contributed by atoms with van der Waals surface area (Å²) in [4.78, 5) is 13.1. The van der Waals surface area contributed by atoms with Crippen molar-refractivity contribution in [1.82, 2.24) is 24.7 Å². The van der Waals surface area contributed by atoms with E-state index in [1.807, 2.05) is 35.3 Å². The maximum atomic E-state index is 4.46. The van der Waals surface area contributed by atoms with Gasteiger partial charge in [0.25, 0.3) is 0 Å². The van der Waals surface area contributed by atoms with E-state index in [4.69, 9.17) is 0 Å². The van der Waals surface area contributed by atoms with E-state index in [9.17, 15) is 0 Å². The third-order valence-corrected chi connectivity index (χ3v) is 4.60. The molecule has 5 heteroatoms. The highest BCUT2D eigenvalue weighted by Crippen LogP contribution is 2.23. The number of fused-ring (bicyclic) bond motifs is 1. The van der Waals surface area contributed by atoms with E-state index in [2.05, 4.69) is 26.3 Å². The summed E-state index contributed by atoms with van der Waals surface area (Å²) >= 11 is 0. The first-order valence-corrected chi connectivity index (χ1v) is 8.33. The number of nitrogens with zero attached hydrogens (tertiary/aromatic N) is 4. The first kappa shape index (κ1) is 14.3. The van der Waals surface area contributed by atoms with Crippen LogP contribution in [0.1, 0.15) is 24.8 Å². The average molecular weight is 307 g/mol. The monoisotopic (exact) mass is 307 g/mol. The highest BCUT2D eigenvalue weighted by atomic mass is 15.1. The fourth-order valence-corrected chi connectivity index (χ4v) is 3.41. The van der Waals surface area contributed by atoms with Crippen LogP contribution < -0.4 is 5.32 Å². The van der Waals surface area contributed by atoms with Crippen LogP contribution in [0.15, 0.2) is 43.1 Å². The summed E-state index contributed by atoms with van der Waals surface area (Å²) < 4.78 is 2.01. The van der Waals surface area contributed by atoms with E-state index in [0.29, 0.717) is 0 Å². The third-order valence-electron chi connectivity index (χ3n) is 4.60. The lowest BCUT2D eigenvalue weighted by molar-refractivity contribution is 0.469. The number of aromatic nitrogens is 4. The Morgan fingerprint density at radius 3 is 3.13 bits per heavy atom. The summed E-state index contributed by atoms with van der Waals surface area (Å²) in [6.07, 6.45) is 14.5. The van der Waals surface area contributed by atoms with Crippen LogP contribution in [0.3, 0.4) is 0 Å². The van der Waals surface area contributed by atoms with Gasteiger partial charge in [0.1, 0.15) is 0 Å². The lowest BCUT2D eigenvalue weighted by Crippen LogP contribution is -2.14. The maximum absolute atomic E-state index is 4.46. The van der Waals surface area contributed by atoms with Crippen molar-refractivity contribution in [3.05, 3.63) is 48.7 Å². The number of imidazole rings is 1. The van der Waals surface area contributed by atoms with Crippen LogP contribution >= 0.6 is 0 Å². The van der Waals surface area contributed by atoms with Crippen LogP contribution in [0.25, 0.3) is 17.0 Å². The molecule has 3 aromatic heterocycles. The van der Waals surface area contributed by atoms with Crippen molar-refractivity contribution < 1.29 is 0 Å². The molecule has 0 aliphatic carbocycles. The molecule has 0 aromatic carbocycles. The Morgan fingerprint density at radius 1 is 1.13 bits per heavy atom. The molecule has 3 aromatic rings. The van der Waals surface area contributed by atoms with Gasteiger partial charge in [0, 0.05) is 30.4 Å². The zero-order valence-electron chi connectivity index (χ0n) is 13.2. The predicted octanol–water partition coefficient (Wildman–Crippen LogP) is 2.72. The summed E-state index contributed by atoms with van der Waals surface area (Å²) in [6, 6.07) is 4.18. The molecule has 1 saturated heterocycles. The van der Waals surface area contributed by atoms with Crippen molar-refractivity contribution in [3.63, 3.8) is 0 Å². The second kappa shape index (κ2) is 6.46. The van der Waals surface area contributed by atoms with Gasteiger partial charge in [-0.05, 0) is 62.4 Å². The number of hydrogen-bond acceptors (Lipinski definition) is 4. The quantitative estimate of drug-likeness (QED) is 0.808. The van der Waals surface area contributed by atoms with Crippen molar-refractivity contribution in [2.75, 3.05) is 13.1 Å². The fourth-order valence-electron chi connectivity index (χ4n) is 3.41. The number of rotatable bonds is 3. The largest absolute Gasteiger partial charge is 0.317 e. The van der Waals surface area contributed by atoms with E-state index >= 15 is 0 Å². The van der Waals surface area contributed by atoms with E-state index in [1.54, 1.807) is 6.20 Å². The van der Waals surface area contributed by atoms with Gasteiger partial charge in [-0.25, -0.2) is 9.97 Å². The minimum atomic E-state index is 0.725. The van der Waals surface area contributed by atoms with Gasteiger partial charge in [0.15, 0.2) is 0 Å². The van der Waals surface area contributed by atoms with Crippen LogP contribution in [0.5, 0.6) is 0 Å².